The van der Waals surface area contributed by atoms with Crippen molar-refractivity contribution < 1.29 is 13.2 Å². The number of nitrogens with zero attached hydrogens (tertiary/aromatic N) is 1. The molecule has 0 saturated carbocycles. The molecule has 0 fully saturated rings. The Bertz CT molecular complexity index is 738. The fourth-order valence-electron chi connectivity index (χ4n) is 2.77. The summed E-state index contributed by atoms with van der Waals surface area (Å²) in [4.78, 5) is 0. The number of hydrogen-bond donors (Lipinski definition) is 0. The van der Waals surface area contributed by atoms with Crippen LogP contribution in [0.4, 0.5) is 0 Å². The van der Waals surface area contributed by atoms with Crippen molar-refractivity contribution in [2.45, 2.75) is 23.6 Å². The smallest absolute Gasteiger partial charge is 0.253 e. The topological polar surface area (TPSA) is 46.6 Å². The summed E-state index contributed by atoms with van der Waals surface area (Å²) in [6.45, 7) is 2.44. The second-order valence-corrected chi connectivity index (χ2v) is 8.10. The number of rotatable bonds is 3. The zero-order valence-electron chi connectivity index (χ0n) is 11.9. The lowest BCUT2D eigenvalue weighted by Crippen LogP contribution is -2.38. The van der Waals surface area contributed by atoms with Gasteiger partial charge in [-0.2, -0.15) is 4.31 Å². The van der Waals surface area contributed by atoms with Gasteiger partial charge in [0.05, 0.1) is 7.11 Å². The third-order valence-corrected chi connectivity index (χ3v) is 7.23. The molecule has 1 aromatic carbocycles. The molecule has 21 heavy (non-hydrogen) atoms. The van der Waals surface area contributed by atoms with Crippen LogP contribution in [0.25, 0.3) is 0 Å². The summed E-state index contributed by atoms with van der Waals surface area (Å²) in [5, 5.41) is 1.79. The van der Waals surface area contributed by atoms with Crippen LogP contribution in [0.15, 0.2) is 39.9 Å². The minimum absolute atomic E-state index is 0.160. The van der Waals surface area contributed by atoms with E-state index < -0.39 is 10.0 Å². The van der Waals surface area contributed by atoms with Crippen molar-refractivity contribution in [1.82, 2.24) is 4.31 Å². The van der Waals surface area contributed by atoms with Gasteiger partial charge in [0.2, 0.25) is 0 Å². The number of thiophene rings is 1. The van der Waals surface area contributed by atoms with Gasteiger partial charge < -0.3 is 4.74 Å². The zero-order valence-corrected chi connectivity index (χ0v) is 13.6. The quantitative estimate of drug-likeness (QED) is 0.872. The van der Waals surface area contributed by atoms with Gasteiger partial charge in [-0.25, -0.2) is 8.42 Å². The Balaban J connectivity index is 1.98. The average molecular weight is 323 g/mol. The van der Waals surface area contributed by atoms with Crippen LogP contribution in [0, 0.1) is 0 Å². The molecule has 6 heteroatoms. The standard InChI is InChI=1S/C15H17NO3S2/c1-11-14-6-5-13(19-2)10-12(14)7-8-16(11)21(17,18)15-4-3-9-20-15/h3-6,9-11H,7-8H2,1-2H3. The highest BCUT2D eigenvalue weighted by Gasteiger charge is 2.34. The summed E-state index contributed by atoms with van der Waals surface area (Å²) in [5.41, 5.74) is 2.22. The van der Waals surface area contributed by atoms with E-state index in [1.54, 1.807) is 28.9 Å². The van der Waals surface area contributed by atoms with Gasteiger partial charge in [-0.3, -0.25) is 0 Å². The molecule has 0 amide bonds. The fraction of sp³-hybridized carbons (Fsp3) is 0.333. The van der Waals surface area contributed by atoms with Crippen LogP contribution in [0.5, 0.6) is 5.75 Å². The number of methoxy groups -OCH3 is 1. The Morgan fingerprint density at radius 3 is 2.81 bits per heavy atom. The molecule has 1 atom stereocenters. The van der Waals surface area contributed by atoms with E-state index in [2.05, 4.69) is 0 Å². The Morgan fingerprint density at radius 2 is 2.14 bits per heavy atom. The molecule has 0 aliphatic carbocycles. The molecule has 112 valence electrons. The number of sulfonamides is 1. The van der Waals surface area contributed by atoms with Crippen molar-refractivity contribution in [2.75, 3.05) is 13.7 Å². The predicted molar refractivity (Wildman–Crippen MR) is 83.3 cm³/mol. The van der Waals surface area contributed by atoms with Gasteiger partial charge in [-0.05, 0) is 48.1 Å². The van der Waals surface area contributed by atoms with E-state index in [0.29, 0.717) is 17.2 Å². The predicted octanol–water partition coefficient (Wildman–Crippen LogP) is 3.06. The maximum absolute atomic E-state index is 12.7. The van der Waals surface area contributed by atoms with Crippen LogP contribution in [-0.2, 0) is 16.4 Å². The van der Waals surface area contributed by atoms with Crippen molar-refractivity contribution in [3.8, 4) is 5.75 Å². The van der Waals surface area contributed by atoms with Crippen LogP contribution in [-0.4, -0.2) is 26.4 Å². The van der Waals surface area contributed by atoms with E-state index in [9.17, 15) is 8.42 Å². The molecule has 0 spiro atoms. The lowest BCUT2D eigenvalue weighted by atomic mass is 9.95. The zero-order chi connectivity index (χ0) is 15.0. The first kappa shape index (κ1) is 14.6. The number of fused-ring (bicyclic) bond motifs is 1. The molecule has 0 bridgehead atoms. The maximum Gasteiger partial charge on any atom is 0.253 e. The SMILES string of the molecule is COc1ccc2c(c1)CCN(S(=O)(=O)c1cccs1)C2C. The number of ether oxygens (including phenoxy) is 1. The summed E-state index contributed by atoms with van der Waals surface area (Å²) >= 11 is 1.26. The second-order valence-electron chi connectivity index (χ2n) is 5.04. The summed E-state index contributed by atoms with van der Waals surface area (Å²) in [6, 6.07) is 9.13. The van der Waals surface area contributed by atoms with Crippen molar-refractivity contribution in [1.29, 1.82) is 0 Å². The van der Waals surface area contributed by atoms with E-state index in [-0.39, 0.29) is 6.04 Å². The second kappa shape index (κ2) is 5.44. The average Bonchev–Trinajstić information content (AvgIpc) is 3.02. The Hall–Kier alpha value is -1.37. The number of hydrogen-bond acceptors (Lipinski definition) is 4. The molecule has 4 nitrogen and oxygen atoms in total. The Morgan fingerprint density at radius 1 is 1.33 bits per heavy atom. The van der Waals surface area contributed by atoms with Crippen LogP contribution in [0.1, 0.15) is 24.1 Å². The molecule has 2 aromatic rings. The normalized spacial score (nSPS) is 19.2. The Kier molecular flexibility index (Phi) is 3.77. The van der Waals surface area contributed by atoms with Gasteiger partial charge in [-0.15, -0.1) is 11.3 Å². The summed E-state index contributed by atoms with van der Waals surface area (Å²) < 4.78 is 32.6. The molecule has 1 aliphatic rings. The lowest BCUT2D eigenvalue weighted by molar-refractivity contribution is 0.326. The van der Waals surface area contributed by atoms with E-state index >= 15 is 0 Å². The van der Waals surface area contributed by atoms with E-state index in [4.69, 9.17) is 4.74 Å². The first-order chi connectivity index (χ1) is 10.0. The first-order valence-electron chi connectivity index (χ1n) is 6.76. The van der Waals surface area contributed by atoms with Gasteiger partial charge >= 0.3 is 0 Å². The first-order valence-corrected chi connectivity index (χ1v) is 9.08. The highest BCUT2D eigenvalue weighted by molar-refractivity contribution is 7.91. The highest BCUT2D eigenvalue weighted by Crippen LogP contribution is 2.36. The van der Waals surface area contributed by atoms with Crippen LogP contribution in [0.3, 0.4) is 0 Å². The van der Waals surface area contributed by atoms with Gasteiger partial charge in [0.1, 0.15) is 9.96 Å². The van der Waals surface area contributed by atoms with Crippen molar-refractivity contribution in [3.63, 3.8) is 0 Å². The lowest BCUT2D eigenvalue weighted by Gasteiger charge is -2.34. The van der Waals surface area contributed by atoms with Crippen LogP contribution in [0.2, 0.25) is 0 Å². The van der Waals surface area contributed by atoms with Gasteiger partial charge in [0, 0.05) is 12.6 Å². The molecule has 2 heterocycles. The van der Waals surface area contributed by atoms with E-state index in [1.165, 1.54) is 16.9 Å². The molecular formula is C15H17NO3S2. The summed E-state index contributed by atoms with van der Waals surface area (Å²) in [5.74, 6) is 0.815. The monoisotopic (exact) mass is 323 g/mol. The van der Waals surface area contributed by atoms with Gasteiger partial charge in [0.25, 0.3) is 10.0 Å². The van der Waals surface area contributed by atoms with Gasteiger partial charge in [-0.1, -0.05) is 12.1 Å². The largest absolute Gasteiger partial charge is 0.497 e. The molecule has 1 aromatic heterocycles. The van der Waals surface area contributed by atoms with Crippen LogP contribution >= 0.6 is 11.3 Å². The Labute approximate surface area is 129 Å². The van der Waals surface area contributed by atoms with E-state index in [0.717, 1.165) is 11.3 Å². The highest BCUT2D eigenvalue weighted by atomic mass is 32.2. The molecule has 0 saturated heterocycles. The van der Waals surface area contributed by atoms with E-state index in [1.807, 2.05) is 25.1 Å². The minimum Gasteiger partial charge on any atom is -0.497 e. The van der Waals surface area contributed by atoms with Crippen LogP contribution < -0.4 is 4.74 Å². The molecule has 3 rings (SSSR count). The van der Waals surface area contributed by atoms with Gasteiger partial charge in [0.15, 0.2) is 0 Å². The molecule has 1 unspecified atom stereocenters. The summed E-state index contributed by atoms with van der Waals surface area (Å²) in [7, 11) is -1.77. The van der Waals surface area contributed by atoms with Crippen molar-refractivity contribution in [2.24, 2.45) is 0 Å². The molecule has 1 aliphatic heterocycles. The maximum atomic E-state index is 12.7. The summed E-state index contributed by atoms with van der Waals surface area (Å²) in [6.07, 6.45) is 0.710. The minimum atomic E-state index is -3.41. The molecule has 0 radical (unpaired) electrons. The third-order valence-electron chi connectivity index (χ3n) is 3.89. The van der Waals surface area contributed by atoms with Crippen molar-refractivity contribution in [3.05, 3.63) is 46.8 Å². The molecular weight excluding hydrogens is 306 g/mol. The molecule has 0 N–H and O–H groups in total. The fourth-order valence-corrected chi connectivity index (χ4v) is 5.50. The van der Waals surface area contributed by atoms with Crippen molar-refractivity contribution >= 4 is 21.4 Å². The number of benzene rings is 1. The third kappa shape index (κ3) is 2.47.